The molecule has 1 aliphatic heterocycles. The van der Waals surface area contributed by atoms with Gasteiger partial charge in [-0.3, -0.25) is 4.79 Å². The summed E-state index contributed by atoms with van der Waals surface area (Å²) in [6.07, 6.45) is -0.407. The molecular formula is C16H22F2N2O2. The molecule has 1 aromatic rings. The van der Waals surface area contributed by atoms with Gasteiger partial charge in [0.15, 0.2) is 0 Å². The number of halogens is 2. The Kier molecular flexibility index (Phi) is 5.57. The van der Waals surface area contributed by atoms with Crippen molar-refractivity contribution < 1.29 is 18.3 Å². The van der Waals surface area contributed by atoms with E-state index in [4.69, 9.17) is 4.74 Å². The van der Waals surface area contributed by atoms with E-state index in [2.05, 4.69) is 5.32 Å². The summed E-state index contributed by atoms with van der Waals surface area (Å²) in [7, 11) is 0. The fourth-order valence-corrected chi connectivity index (χ4v) is 2.52. The van der Waals surface area contributed by atoms with Gasteiger partial charge in [-0.25, -0.2) is 8.78 Å². The third kappa shape index (κ3) is 4.32. The Labute approximate surface area is 129 Å². The van der Waals surface area contributed by atoms with Crippen molar-refractivity contribution in [3.05, 3.63) is 23.8 Å². The molecule has 0 unspecified atom stereocenters. The maximum atomic E-state index is 12.3. The molecule has 0 saturated carbocycles. The number of likely N-dealkylation sites (tertiary alicyclic amines) is 1. The van der Waals surface area contributed by atoms with Crippen molar-refractivity contribution in [2.24, 2.45) is 0 Å². The molecule has 1 heterocycles. The maximum absolute atomic E-state index is 12.3. The zero-order chi connectivity index (χ0) is 16.1. The molecule has 1 amide bonds. The largest absolute Gasteiger partial charge is 0.487 e. The molecule has 6 heteroatoms. The summed E-state index contributed by atoms with van der Waals surface area (Å²) >= 11 is 0. The Morgan fingerprint density at radius 3 is 2.68 bits per heavy atom. The first-order valence-corrected chi connectivity index (χ1v) is 7.54. The average Bonchev–Trinajstić information content (AvgIpc) is 3.01. The van der Waals surface area contributed by atoms with Gasteiger partial charge in [-0.15, -0.1) is 0 Å². The fourth-order valence-electron chi connectivity index (χ4n) is 2.52. The third-order valence-corrected chi connectivity index (χ3v) is 3.72. The number of hydrogen-bond acceptors (Lipinski definition) is 3. The van der Waals surface area contributed by atoms with Gasteiger partial charge >= 0.3 is 0 Å². The summed E-state index contributed by atoms with van der Waals surface area (Å²) in [6.45, 7) is 4.58. The quantitative estimate of drug-likeness (QED) is 0.878. The number of carbonyl (C=O) groups excluding carboxylic acids is 1. The third-order valence-electron chi connectivity index (χ3n) is 3.72. The van der Waals surface area contributed by atoms with Gasteiger partial charge in [-0.05, 0) is 38.3 Å². The van der Waals surface area contributed by atoms with Gasteiger partial charge in [0.2, 0.25) is 5.91 Å². The summed E-state index contributed by atoms with van der Waals surface area (Å²) in [5, 5.41) is 3.12. The molecule has 0 spiro atoms. The highest BCUT2D eigenvalue weighted by atomic mass is 19.3. The van der Waals surface area contributed by atoms with Gasteiger partial charge < -0.3 is 15.0 Å². The second-order valence-corrected chi connectivity index (χ2v) is 5.58. The van der Waals surface area contributed by atoms with Crippen LogP contribution >= 0.6 is 0 Å². The highest BCUT2D eigenvalue weighted by Gasteiger charge is 2.23. The Hall–Kier alpha value is -1.85. The lowest BCUT2D eigenvalue weighted by molar-refractivity contribution is -0.130. The number of amides is 1. The number of hydrogen-bond donors (Lipinski definition) is 1. The van der Waals surface area contributed by atoms with Crippen molar-refractivity contribution in [2.45, 2.75) is 39.2 Å². The Bertz CT molecular complexity index is 517. The molecule has 1 N–H and O–H groups in total. The summed E-state index contributed by atoms with van der Waals surface area (Å²) in [5.41, 5.74) is 1.47. The number of aryl methyl sites for hydroxylation is 1. The summed E-state index contributed by atoms with van der Waals surface area (Å²) in [4.78, 5) is 14.1. The number of nitrogens with zero attached hydrogens (tertiary/aromatic N) is 1. The molecule has 1 saturated heterocycles. The van der Waals surface area contributed by atoms with Crippen LogP contribution in [0.3, 0.4) is 0 Å². The molecular weight excluding hydrogens is 290 g/mol. The molecule has 122 valence electrons. The van der Waals surface area contributed by atoms with Crippen molar-refractivity contribution in [3.8, 4) is 5.75 Å². The maximum Gasteiger partial charge on any atom is 0.272 e. The van der Waals surface area contributed by atoms with E-state index in [0.29, 0.717) is 11.4 Å². The molecule has 0 radical (unpaired) electrons. The number of carbonyl (C=O) groups is 1. The van der Waals surface area contributed by atoms with Gasteiger partial charge in [-0.2, -0.15) is 0 Å². The number of alkyl halides is 2. The van der Waals surface area contributed by atoms with Gasteiger partial charge in [0, 0.05) is 24.8 Å². The minimum atomic E-state index is -2.51. The van der Waals surface area contributed by atoms with Gasteiger partial charge in [-0.1, -0.05) is 6.07 Å². The normalized spacial score (nSPS) is 16.0. The van der Waals surface area contributed by atoms with Gasteiger partial charge in [0.05, 0.1) is 0 Å². The van der Waals surface area contributed by atoms with E-state index in [1.807, 2.05) is 11.0 Å². The van der Waals surface area contributed by atoms with Crippen molar-refractivity contribution in [1.82, 2.24) is 4.90 Å². The van der Waals surface area contributed by atoms with Crippen LogP contribution in [-0.2, 0) is 4.79 Å². The van der Waals surface area contributed by atoms with Crippen molar-refractivity contribution >= 4 is 11.6 Å². The first-order chi connectivity index (χ1) is 10.5. The SMILES string of the molecule is Cc1ccc(N[C@H](C)C(=O)N2CCCC2)cc1OCC(F)F. The minimum absolute atomic E-state index is 0.0631. The van der Waals surface area contributed by atoms with E-state index in [1.165, 1.54) is 0 Å². The van der Waals surface area contributed by atoms with Crippen LogP contribution in [0.1, 0.15) is 25.3 Å². The Morgan fingerprint density at radius 2 is 2.05 bits per heavy atom. The van der Waals surface area contributed by atoms with Crippen LogP contribution in [0.5, 0.6) is 5.75 Å². The zero-order valence-electron chi connectivity index (χ0n) is 12.9. The molecule has 1 fully saturated rings. The van der Waals surface area contributed by atoms with Crippen LogP contribution in [0.4, 0.5) is 14.5 Å². The first kappa shape index (κ1) is 16.5. The Balaban J connectivity index is 1.99. The topological polar surface area (TPSA) is 41.6 Å². The lowest BCUT2D eigenvalue weighted by Gasteiger charge is -2.22. The van der Waals surface area contributed by atoms with Crippen LogP contribution in [0.2, 0.25) is 0 Å². The number of ether oxygens (including phenoxy) is 1. The molecule has 4 nitrogen and oxygen atoms in total. The lowest BCUT2D eigenvalue weighted by atomic mass is 10.2. The van der Waals surface area contributed by atoms with Gasteiger partial charge in [0.1, 0.15) is 18.4 Å². The van der Waals surface area contributed by atoms with Crippen LogP contribution in [0.25, 0.3) is 0 Å². The van der Waals surface area contributed by atoms with Crippen LogP contribution in [0.15, 0.2) is 18.2 Å². The molecule has 1 aliphatic rings. The Morgan fingerprint density at radius 1 is 1.36 bits per heavy atom. The number of anilines is 1. The zero-order valence-corrected chi connectivity index (χ0v) is 12.9. The van der Waals surface area contributed by atoms with Crippen molar-refractivity contribution in [2.75, 3.05) is 25.0 Å². The van der Waals surface area contributed by atoms with E-state index in [0.717, 1.165) is 31.5 Å². The molecule has 1 aromatic carbocycles. The van der Waals surface area contributed by atoms with E-state index in [1.54, 1.807) is 26.0 Å². The first-order valence-electron chi connectivity index (χ1n) is 7.54. The predicted molar refractivity (Wildman–Crippen MR) is 81.6 cm³/mol. The minimum Gasteiger partial charge on any atom is -0.487 e. The second-order valence-electron chi connectivity index (χ2n) is 5.58. The van der Waals surface area contributed by atoms with E-state index in [9.17, 15) is 13.6 Å². The fraction of sp³-hybridized carbons (Fsp3) is 0.562. The number of nitrogens with one attached hydrogen (secondary N) is 1. The molecule has 1 atom stereocenters. The van der Waals surface area contributed by atoms with Gasteiger partial charge in [0.25, 0.3) is 6.43 Å². The summed E-state index contributed by atoms with van der Waals surface area (Å²) < 4.78 is 29.6. The molecule has 0 aliphatic carbocycles. The van der Waals surface area contributed by atoms with Crippen LogP contribution < -0.4 is 10.1 Å². The second kappa shape index (κ2) is 7.42. The van der Waals surface area contributed by atoms with Crippen LogP contribution in [-0.4, -0.2) is 43.0 Å². The summed E-state index contributed by atoms with van der Waals surface area (Å²) in [5.74, 6) is 0.472. The highest BCUT2D eigenvalue weighted by molar-refractivity contribution is 5.84. The molecule has 22 heavy (non-hydrogen) atoms. The monoisotopic (exact) mass is 312 g/mol. The predicted octanol–water partition coefficient (Wildman–Crippen LogP) is 3.06. The average molecular weight is 312 g/mol. The van der Waals surface area contributed by atoms with Crippen molar-refractivity contribution in [1.29, 1.82) is 0 Å². The highest BCUT2D eigenvalue weighted by Crippen LogP contribution is 2.24. The van der Waals surface area contributed by atoms with E-state index < -0.39 is 13.0 Å². The molecule has 0 aromatic heterocycles. The molecule has 0 bridgehead atoms. The van der Waals surface area contributed by atoms with E-state index in [-0.39, 0.29) is 11.9 Å². The summed E-state index contributed by atoms with van der Waals surface area (Å²) in [6, 6.07) is 4.91. The lowest BCUT2D eigenvalue weighted by Crippen LogP contribution is -2.39. The van der Waals surface area contributed by atoms with Crippen molar-refractivity contribution in [3.63, 3.8) is 0 Å². The van der Waals surface area contributed by atoms with Crippen LogP contribution in [0, 0.1) is 6.92 Å². The number of benzene rings is 1. The van der Waals surface area contributed by atoms with E-state index >= 15 is 0 Å². The standard InChI is InChI=1S/C16H22F2N2O2/c1-11-5-6-13(9-14(11)22-10-15(17)18)19-12(2)16(21)20-7-3-4-8-20/h5-6,9,12,15,19H,3-4,7-8,10H2,1-2H3/t12-/m1/s1. The smallest absolute Gasteiger partial charge is 0.272 e. The number of rotatable bonds is 6. The molecule has 2 rings (SSSR count).